The van der Waals surface area contributed by atoms with Crippen LogP contribution in [0.5, 0.6) is 5.75 Å². The molecule has 4 rings (SSSR count). The monoisotopic (exact) mass is 487 g/mol. The molecule has 0 fully saturated rings. The molecule has 0 unspecified atom stereocenters. The summed E-state index contributed by atoms with van der Waals surface area (Å²) in [5.74, 6) is -2.15. The largest absolute Gasteiger partial charge is 0.573 e. The summed E-state index contributed by atoms with van der Waals surface area (Å²) in [4.78, 5) is 28.8. The fourth-order valence-corrected chi connectivity index (χ4v) is 3.42. The number of hydrogen-bond donors (Lipinski definition) is 2. The maximum atomic E-state index is 13.9. The molecule has 0 spiro atoms. The van der Waals surface area contributed by atoms with Crippen LogP contribution in [0.2, 0.25) is 0 Å². The van der Waals surface area contributed by atoms with Crippen molar-refractivity contribution in [2.24, 2.45) is 0 Å². The second kappa shape index (κ2) is 9.41. The average Bonchev–Trinajstić information content (AvgIpc) is 3.17. The third-order valence-corrected chi connectivity index (χ3v) is 4.90. The van der Waals surface area contributed by atoms with Crippen LogP contribution in [0.1, 0.15) is 15.9 Å². The van der Waals surface area contributed by atoms with Crippen LogP contribution in [-0.2, 0) is 11.2 Å². The number of nitrogens with one attached hydrogen (secondary N) is 2. The number of amides is 2. The molecule has 0 aliphatic heterocycles. The maximum absolute atomic E-state index is 13.9. The van der Waals surface area contributed by atoms with E-state index >= 15 is 0 Å². The van der Waals surface area contributed by atoms with Crippen LogP contribution >= 0.6 is 0 Å². The van der Waals surface area contributed by atoms with E-state index in [1.165, 1.54) is 42.0 Å². The van der Waals surface area contributed by atoms with Gasteiger partial charge in [0.15, 0.2) is 11.5 Å². The Bertz CT molecular complexity index is 1400. The lowest BCUT2D eigenvalue weighted by molar-refractivity contribution is -0.274. The van der Waals surface area contributed by atoms with Crippen LogP contribution in [0.25, 0.3) is 16.8 Å². The predicted molar refractivity (Wildman–Crippen MR) is 117 cm³/mol. The number of nitrogens with zero attached hydrogens (tertiary/aromatic N) is 3. The molecule has 180 valence electrons. The zero-order valence-electron chi connectivity index (χ0n) is 18.1. The molecule has 2 N–H and O–H groups in total. The molecule has 4 aromatic rings. The highest BCUT2D eigenvalue weighted by Gasteiger charge is 2.31. The number of ether oxygens (including phenoxy) is 1. The molecule has 0 atom stereocenters. The van der Waals surface area contributed by atoms with Gasteiger partial charge in [0.2, 0.25) is 5.91 Å². The van der Waals surface area contributed by atoms with Gasteiger partial charge in [0, 0.05) is 19.4 Å². The summed E-state index contributed by atoms with van der Waals surface area (Å²) in [7, 11) is 1.36. The Morgan fingerprint density at radius 1 is 1.11 bits per heavy atom. The molecule has 2 amide bonds. The Balaban J connectivity index is 1.62. The first-order chi connectivity index (χ1) is 16.6. The Morgan fingerprint density at radius 3 is 2.54 bits per heavy atom. The topological polar surface area (TPSA) is 97.6 Å². The summed E-state index contributed by atoms with van der Waals surface area (Å²) in [5.41, 5.74) is 1.36. The summed E-state index contributed by atoms with van der Waals surface area (Å²) in [5, 5.41) is 9.30. The number of alkyl halides is 3. The van der Waals surface area contributed by atoms with E-state index in [2.05, 4.69) is 25.5 Å². The van der Waals surface area contributed by atoms with E-state index in [0.29, 0.717) is 22.3 Å². The van der Waals surface area contributed by atoms with Gasteiger partial charge in [0.1, 0.15) is 11.6 Å². The molecule has 0 bridgehead atoms. The van der Waals surface area contributed by atoms with E-state index < -0.39 is 29.7 Å². The van der Waals surface area contributed by atoms with Gasteiger partial charge < -0.3 is 15.4 Å². The molecule has 2 aromatic heterocycles. The standard InChI is InChI=1S/C23H17F4N5O3/c1-28-22(34)16-11-13(3-8-17(16)24)12-18(33)30-20-19(21-29-9-2-10-32(21)31-20)14-4-6-15(7-5-14)35-23(25,26)27/h2-11H,12H2,1H3,(H,28,34)(H,30,31,33). The third kappa shape index (κ3) is 5.37. The number of carbonyl (C=O) groups excluding carboxylic acids is 2. The van der Waals surface area contributed by atoms with Crippen molar-refractivity contribution in [2.45, 2.75) is 12.8 Å². The second-order valence-electron chi connectivity index (χ2n) is 7.30. The smallest absolute Gasteiger partial charge is 0.406 e. The molecule has 0 aliphatic carbocycles. The quantitative estimate of drug-likeness (QED) is 0.401. The van der Waals surface area contributed by atoms with E-state index in [1.54, 1.807) is 12.3 Å². The first kappa shape index (κ1) is 23.7. The van der Waals surface area contributed by atoms with Crippen LogP contribution in [0.3, 0.4) is 0 Å². The highest BCUT2D eigenvalue weighted by atomic mass is 19.4. The predicted octanol–water partition coefficient (Wildman–Crippen LogP) is 3.97. The van der Waals surface area contributed by atoms with Crippen molar-refractivity contribution >= 4 is 23.3 Å². The molecule has 0 saturated heterocycles. The summed E-state index contributed by atoms with van der Waals surface area (Å²) in [6.45, 7) is 0. The van der Waals surface area contributed by atoms with Gasteiger partial charge in [-0.3, -0.25) is 9.59 Å². The Hall–Kier alpha value is -4.48. The Kier molecular flexibility index (Phi) is 6.36. The Morgan fingerprint density at radius 2 is 1.86 bits per heavy atom. The van der Waals surface area contributed by atoms with Crippen molar-refractivity contribution in [3.8, 4) is 16.9 Å². The number of benzene rings is 2. The fourth-order valence-electron chi connectivity index (χ4n) is 3.42. The van der Waals surface area contributed by atoms with Gasteiger partial charge in [0.05, 0.1) is 17.5 Å². The van der Waals surface area contributed by atoms with Crippen LogP contribution in [0, 0.1) is 5.82 Å². The number of fused-ring (bicyclic) bond motifs is 1. The molecule has 12 heteroatoms. The van der Waals surface area contributed by atoms with Crippen LogP contribution in [0.4, 0.5) is 23.4 Å². The Labute approximate surface area is 195 Å². The van der Waals surface area contributed by atoms with Crippen molar-refractivity contribution in [3.63, 3.8) is 0 Å². The maximum Gasteiger partial charge on any atom is 0.573 e. The highest BCUT2D eigenvalue weighted by molar-refractivity contribution is 5.99. The lowest BCUT2D eigenvalue weighted by atomic mass is 10.1. The second-order valence-corrected chi connectivity index (χ2v) is 7.30. The zero-order valence-corrected chi connectivity index (χ0v) is 18.1. The number of anilines is 1. The minimum absolute atomic E-state index is 0.117. The van der Waals surface area contributed by atoms with Gasteiger partial charge in [-0.15, -0.1) is 18.3 Å². The summed E-state index contributed by atoms with van der Waals surface area (Å²) >= 11 is 0. The van der Waals surface area contributed by atoms with Gasteiger partial charge in [-0.05, 0) is 41.5 Å². The first-order valence-corrected chi connectivity index (χ1v) is 10.1. The third-order valence-electron chi connectivity index (χ3n) is 4.90. The molecule has 0 radical (unpaired) electrons. The molecule has 0 aliphatic rings. The van der Waals surface area contributed by atoms with Crippen LogP contribution < -0.4 is 15.4 Å². The lowest BCUT2D eigenvalue weighted by Gasteiger charge is -2.10. The zero-order chi connectivity index (χ0) is 25.2. The molecule has 0 saturated carbocycles. The van der Waals surface area contributed by atoms with E-state index in [9.17, 15) is 27.2 Å². The van der Waals surface area contributed by atoms with Gasteiger partial charge in [0.25, 0.3) is 5.91 Å². The number of carbonyl (C=O) groups is 2. The average molecular weight is 487 g/mol. The highest BCUT2D eigenvalue weighted by Crippen LogP contribution is 2.33. The molecule has 2 heterocycles. The summed E-state index contributed by atoms with van der Waals surface area (Å²) in [6.07, 6.45) is -1.92. The molecular weight excluding hydrogens is 470 g/mol. The fraction of sp³-hybridized carbons (Fsp3) is 0.130. The number of aromatic nitrogens is 3. The minimum atomic E-state index is -4.83. The lowest BCUT2D eigenvalue weighted by Crippen LogP contribution is -2.20. The SMILES string of the molecule is CNC(=O)c1cc(CC(=O)Nc2nn3cccnc3c2-c2ccc(OC(F)(F)F)cc2)ccc1F. The van der Waals surface area contributed by atoms with E-state index in [4.69, 9.17) is 0 Å². The van der Waals surface area contributed by atoms with Crippen molar-refractivity contribution in [1.82, 2.24) is 19.9 Å². The van der Waals surface area contributed by atoms with E-state index in [1.807, 2.05) is 0 Å². The van der Waals surface area contributed by atoms with Gasteiger partial charge in [-0.1, -0.05) is 18.2 Å². The first-order valence-electron chi connectivity index (χ1n) is 10.1. The number of halogens is 4. The van der Waals surface area contributed by atoms with Crippen molar-refractivity contribution < 1.29 is 31.9 Å². The van der Waals surface area contributed by atoms with Crippen LogP contribution in [-0.4, -0.2) is 39.8 Å². The van der Waals surface area contributed by atoms with Gasteiger partial charge >= 0.3 is 6.36 Å². The van der Waals surface area contributed by atoms with E-state index in [-0.39, 0.29) is 17.8 Å². The number of hydrogen-bond acceptors (Lipinski definition) is 5. The van der Waals surface area contributed by atoms with Crippen molar-refractivity contribution in [3.05, 3.63) is 77.9 Å². The van der Waals surface area contributed by atoms with Gasteiger partial charge in [-0.25, -0.2) is 13.9 Å². The summed E-state index contributed by atoms with van der Waals surface area (Å²) in [6, 6.07) is 10.4. The molecule has 35 heavy (non-hydrogen) atoms. The summed E-state index contributed by atoms with van der Waals surface area (Å²) < 4.78 is 56.7. The number of rotatable bonds is 6. The molecule has 8 nitrogen and oxygen atoms in total. The normalized spacial score (nSPS) is 11.3. The molecular formula is C23H17F4N5O3. The van der Waals surface area contributed by atoms with E-state index in [0.717, 1.165) is 18.2 Å². The van der Waals surface area contributed by atoms with Crippen LogP contribution in [0.15, 0.2) is 60.9 Å². The minimum Gasteiger partial charge on any atom is -0.406 e. The van der Waals surface area contributed by atoms with Crippen molar-refractivity contribution in [1.29, 1.82) is 0 Å². The van der Waals surface area contributed by atoms with Crippen molar-refractivity contribution in [2.75, 3.05) is 12.4 Å². The molecule has 2 aromatic carbocycles. The van der Waals surface area contributed by atoms with Gasteiger partial charge in [-0.2, -0.15) is 0 Å².